The molecule has 0 aromatic heterocycles. The summed E-state index contributed by atoms with van der Waals surface area (Å²) in [5.74, 6) is -0.276. The minimum atomic E-state index is -0.496. The van der Waals surface area contributed by atoms with E-state index in [0.717, 1.165) is 5.56 Å². The molecule has 1 aliphatic heterocycles. The summed E-state index contributed by atoms with van der Waals surface area (Å²) in [6.45, 7) is 2.51. The number of ether oxygens (including phenoxy) is 1. The molecule has 5 heteroatoms. The number of para-hydroxylation sites is 1. The average Bonchev–Trinajstić information content (AvgIpc) is 2.76. The molecule has 3 rings (SSSR count). The normalized spacial score (nSPS) is 13.5. The summed E-state index contributed by atoms with van der Waals surface area (Å²) in [5, 5.41) is 0.636. The second kappa shape index (κ2) is 5.81. The first-order valence-corrected chi connectivity index (χ1v) is 7.30. The van der Waals surface area contributed by atoms with Crippen molar-refractivity contribution in [2.45, 2.75) is 6.92 Å². The molecule has 0 radical (unpaired) electrons. The van der Waals surface area contributed by atoms with Gasteiger partial charge in [-0.2, -0.15) is 0 Å². The molecule has 1 heterocycles. The Morgan fingerprint density at radius 1 is 1.09 bits per heavy atom. The number of benzene rings is 2. The second-order valence-corrected chi connectivity index (χ2v) is 5.50. The van der Waals surface area contributed by atoms with Gasteiger partial charge in [0.25, 0.3) is 11.7 Å². The van der Waals surface area contributed by atoms with Crippen LogP contribution in [0.4, 0.5) is 5.69 Å². The van der Waals surface area contributed by atoms with Gasteiger partial charge in [0.2, 0.25) is 0 Å². The molecule has 0 aliphatic carbocycles. The Bertz CT molecular complexity index is 740. The topological polar surface area (TPSA) is 46.6 Å². The van der Waals surface area contributed by atoms with Gasteiger partial charge >= 0.3 is 0 Å². The van der Waals surface area contributed by atoms with Crippen LogP contribution >= 0.6 is 11.6 Å². The summed E-state index contributed by atoms with van der Waals surface area (Å²) < 4.78 is 5.60. The molecule has 0 saturated carbocycles. The number of hydrogen-bond donors (Lipinski definition) is 0. The highest BCUT2D eigenvalue weighted by Crippen LogP contribution is 2.31. The van der Waals surface area contributed by atoms with Crippen molar-refractivity contribution in [2.24, 2.45) is 0 Å². The van der Waals surface area contributed by atoms with Gasteiger partial charge in [-0.05, 0) is 42.8 Å². The zero-order chi connectivity index (χ0) is 15.7. The van der Waals surface area contributed by atoms with E-state index in [9.17, 15) is 9.59 Å². The van der Waals surface area contributed by atoms with E-state index in [1.54, 1.807) is 36.4 Å². The number of Topliss-reactive ketones (excluding diaryl/α,β-unsaturated/α-hetero) is 1. The van der Waals surface area contributed by atoms with E-state index >= 15 is 0 Å². The van der Waals surface area contributed by atoms with Crippen molar-refractivity contribution in [3.05, 3.63) is 58.6 Å². The van der Waals surface area contributed by atoms with Crippen LogP contribution in [-0.2, 0) is 4.79 Å². The largest absolute Gasteiger partial charge is 0.492 e. The van der Waals surface area contributed by atoms with Crippen LogP contribution in [0, 0.1) is 6.92 Å². The molecule has 0 atom stereocenters. The molecule has 22 heavy (non-hydrogen) atoms. The monoisotopic (exact) mass is 315 g/mol. The van der Waals surface area contributed by atoms with Crippen LogP contribution in [0.1, 0.15) is 15.9 Å². The van der Waals surface area contributed by atoms with Gasteiger partial charge in [-0.3, -0.25) is 9.59 Å². The molecule has 1 aliphatic rings. The fraction of sp³-hybridized carbons (Fsp3) is 0.176. The van der Waals surface area contributed by atoms with Gasteiger partial charge in [0.1, 0.15) is 12.4 Å². The standard InChI is InChI=1S/C17H14ClNO3/c1-11-3-2-4-14-15(11)19(17(21)16(14)20)9-10-22-13-7-5-12(18)6-8-13/h2-8H,9-10H2,1H3. The molecule has 0 unspecified atom stereocenters. The smallest absolute Gasteiger partial charge is 0.299 e. The molecule has 0 saturated heterocycles. The maximum atomic E-state index is 12.1. The number of fused-ring (bicyclic) bond motifs is 1. The third kappa shape index (κ3) is 2.57. The summed E-state index contributed by atoms with van der Waals surface area (Å²) in [5.41, 5.74) is 2.07. The number of ketones is 1. The predicted molar refractivity (Wildman–Crippen MR) is 84.8 cm³/mol. The van der Waals surface area contributed by atoms with Crippen LogP contribution in [0.5, 0.6) is 5.75 Å². The van der Waals surface area contributed by atoms with Gasteiger partial charge in [-0.25, -0.2) is 0 Å². The first-order valence-electron chi connectivity index (χ1n) is 6.92. The number of anilines is 1. The Balaban J connectivity index is 1.72. The highest BCUT2D eigenvalue weighted by Gasteiger charge is 2.36. The number of nitrogens with zero attached hydrogens (tertiary/aromatic N) is 1. The SMILES string of the molecule is Cc1cccc2c1N(CCOc1ccc(Cl)cc1)C(=O)C2=O. The first-order chi connectivity index (χ1) is 10.6. The van der Waals surface area contributed by atoms with Gasteiger partial charge in [0.05, 0.1) is 17.8 Å². The molecule has 1 amide bonds. The van der Waals surface area contributed by atoms with E-state index in [-0.39, 0.29) is 0 Å². The summed E-state index contributed by atoms with van der Waals surface area (Å²) in [7, 11) is 0. The lowest BCUT2D eigenvalue weighted by Gasteiger charge is -2.18. The van der Waals surface area contributed by atoms with Gasteiger partial charge < -0.3 is 9.64 Å². The van der Waals surface area contributed by atoms with E-state index in [1.165, 1.54) is 4.90 Å². The Morgan fingerprint density at radius 3 is 2.55 bits per heavy atom. The molecule has 0 fully saturated rings. The van der Waals surface area contributed by atoms with Gasteiger partial charge in [-0.1, -0.05) is 23.7 Å². The van der Waals surface area contributed by atoms with E-state index < -0.39 is 11.7 Å². The minimum Gasteiger partial charge on any atom is -0.492 e. The molecular weight excluding hydrogens is 302 g/mol. The van der Waals surface area contributed by atoms with Crippen molar-refractivity contribution in [3.63, 3.8) is 0 Å². The predicted octanol–water partition coefficient (Wildman–Crippen LogP) is 3.26. The minimum absolute atomic E-state index is 0.300. The fourth-order valence-corrected chi connectivity index (χ4v) is 2.66. The fourth-order valence-electron chi connectivity index (χ4n) is 2.54. The number of hydrogen-bond acceptors (Lipinski definition) is 3. The lowest BCUT2D eigenvalue weighted by molar-refractivity contribution is -0.114. The van der Waals surface area contributed by atoms with Crippen molar-refractivity contribution in [1.82, 2.24) is 0 Å². The highest BCUT2D eigenvalue weighted by atomic mass is 35.5. The molecule has 4 nitrogen and oxygen atoms in total. The van der Waals surface area contributed by atoms with Gasteiger partial charge in [-0.15, -0.1) is 0 Å². The number of carbonyl (C=O) groups is 2. The van der Waals surface area contributed by atoms with E-state index in [4.69, 9.17) is 16.3 Å². The van der Waals surface area contributed by atoms with Gasteiger partial charge in [0, 0.05) is 5.02 Å². The second-order valence-electron chi connectivity index (χ2n) is 5.06. The molecule has 0 spiro atoms. The molecule has 0 bridgehead atoms. The Kier molecular flexibility index (Phi) is 3.86. The van der Waals surface area contributed by atoms with E-state index in [0.29, 0.717) is 35.2 Å². The molecular formula is C17H14ClNO3. The third-order valence-corrected chi connectivity index (χ3v) is 3.84. The maximum absolute atomic E-state index is 12.1. The summed E-state index contributed by atoms with van der Waals surface area (Å²) >= 11 is 5.81. The number of amides is 1. The molecule has 0 N–H and O–H groups in total. The van der Waals surface area contributed by atoms with Crippen LogP contribution < -0.4 is 9.64 Å². The maximum Gasteiger partial charge on any atom is 0.299 e. The van der Waals surface area contributed by atoms with Crippen molar-refractivity contribution in [1.29, 1.82) is 0 Å². The summed E-state index contributed by atoms with van der Waals surface area (Å²) in [6.07, 6.45) is 0. The van der Waals surface area contributed by atoms with Crippen LogP contribution in [-0.4, -0.2) is 24.8 Å². The Labute approximate surface area is 133 Å². The van der Waals surface area contributed by atoms with Crippen molar-refractivity contribution in [2.75, 3.05) is 18.1 Å². The van der Waals surface area contributed by atoms with Crippen LogP contribution in [0.2, 0.25) is 5.02 Å². The van der Waals surface area contributed by atoms with Crippen LogP contribution in [0.3, 0.4) is 0 Å². The lowest BCUT2D eigenvalue weighted by atomic mass is 10.1. The molecule has 112 valence electrons. The van der Waals surface area contributed by atoms with E-state index in [1.807, 2.05) is 13.0 Å². The van der Waals surface area contributed by atoms with Crippen LogP contribution in [0.25, 0.3) is 0 Å². The molecule has 2 aromatic rings. The van der Waals surface area contributed by atoms with Crippen LogP contribution in [0.15, 0.2) is 42.5 Å². The van der Waals surface area contributed by atoms with Crippen molar-refractivity contribution >= 4 is 29.0 Å². The number of carbonyl (C=O) groups excluding carboxylic acids is 2. The number of rotatable bonds is 4. The Hall–Kier alpha value is -2.33. The average molecular weight is 316 g/mol. The lowest BCUT2D eigenvalue weighted by Crippen LogP contribution is -2.33. The van der Waals surface area contributed by atoms with Crippen molar-refractivity contribution in [3.8, 4) is 5.75 Å². The first kappa shape index (κ1) is 14.6. The van der Waals surface area contributed by atoms with Crippen molar-refractivity contribution < 1.29 is 14.3 Å². The van der Waals surface area contributed by atoms with E-state index in [2.05, 4.69) is 0 Å². The Morgan fingerprint density at radius 2 is 1.82 bits per heavy atom. The quantitative estimate of drug-likeness (QED) is 0.814. The zero-order valence-electron chi connectivity index (χ0n) is 12.0. The highest BCUT2D eigenvalue weighted by molar-refractivity contribution is 6.52. The third-order valence-electron chi connectivity index (χ3n) is 3.59. The summed E-state index contributed by atoms with van der Waals surface area (Å²) in [6, 6.07) is 12.4. The number of halogens is 1. The molecule has 2 aromatic carbocycles. The zero-order valence-corrected chi connectivity index (χ0v) is 12.8. The number of aryl methyl sites for hydroxylation is 1. The summed E-state index contributed by atoms with van der Waals surface area (Å²) in [4.78, 5) is 25.6. The van der Waals surface area contributed by atoms with Gasteiger partial charge in [0.15, 0.2) is 0 Å².